The first-order valence-electron chi connectivity index (χ1n) is 8.44. The van der Waals surface area contributed by atoms with Crippen LogP contribution in [-0.2, 0) is 21.2 Å². The second-order valence-corrected chi connectivity index (χ2v) is 8.19. The molecule has 132 valence electrons. The molecule has 1 aromatic carbocycles. The number of amides is 1. The minimum absolute atomic E-state index is 0.157. The van der Waals surface area contributed by atoms with Gasteiger partial charge in [0.15, 0.2) is 0 Å². The van der Waals surface area contributed by atoms with Gasteiger partial charge in [-0.2, -0.15) is 4.31 Å². The van der Waals surface area contributed by atoms with Gasteiger partial charge < -0.3 is 5.32 Å². The van der Waals surface area contributed by atoms with Gasteiger partial charge in [0.2, 0.25) is 15.9 Å². The van der Waals surface area contributed by atoms with Crippen molar-refractivity contribution in [3.8, 4) is 0 Å². The van der Waals surface area contributed by atoms with Gasteiger partial charge in [-0.1, -0.05) is 31.6 Å². The van der Waals surface area contributed by atoms with E-state index in [4.69, 9.17) is 0 Å². The van der Waals surface area contributed by atoms with E-state index in [1.165, 1.54) is 0 Å². The molecule has 0 bridgehead atoms. The van der Waals surface area contributed by atoms with Crippen LogP contribution in [0, 0.1) is 0 Å². The summed E-state index contributed by atoms with van der Waals surface area (Å²) >= 11 is 0. The Balaban J connectivity index is 1.97. The Bertz CT molecular complexity index is 673. The fourth-order valence-corrected chi connectivity index (χ4v) is 4.25. The smallest absolute Gasteiger partial charge is 0.246 e. The van der Waals surface area contributed by atoms with Crippen molar-refractivity contribution >= 4 is 15.9 Å². The molecule has 24 heavy (non-hydrogen) atoms. The summed E-state index contributed by atoms with van der Waals surface area (Å²) in [5.41, 5.74) is 1.47. The summed E-state index contributed by atoms with van der Waals surface area (Å²) in [4.78, 5) is 11.8. The molecule has 6 heteroatoms. The van der Waals surface area contributed by atoms with Crippen LogP contribution >= 0.6 is 0 Å². The Hall–Kier alpha value is -1.66. The van der Waals surface area contributed by atoms with E-state index < -0.39 is 10.0 Å². The van der Waals surface area contributed by atoms with Crippen LogP contribution in [-0.4, -0.2) is 38.3 Å². The molecule has 0 saturated carbocycles. The standard InChI is InChI=1S/C18H26N2O3S/c1-15(2)18(21)19-12-11-16-7-9-17(10-8-16)24(22,23)20-13-5-3-4-6-14-20/h7-10H,1,3-6,11-14H2,2H3,(H,19,21). The van der Waals surface area contributed by atoms with Gasteiger partial charge in [-0.25, -0.2) is 8.42 Å². The van der Waals surface area contributed by atoms with Gasteiger partial charge in [-0.15, -0.1) is 0 Å². The first-order valence-corrected chi connectivity index (χ1v) is 9.88. The number of rotatable bonds is 6. The summed E-state index contributed by atoms with van der Waals surface area (Å²) in [6.07, 6.45) is 4.71. The molecule has 0 unspecified atom stereocenters. The Morgan fingerprint density at radius 3 is 2.25 bits per heavy atom. The van der Waals surface area contributed by atoms with Crippen molar-refractivity contribution in [3.05, 3.63) is 42.0 Å². The molecule has 1 fully saturated rings. The molecule has 1 aliphatic rings. The molecule has 2 rings (SSSR count). The van der Waals surface area contributed by atoms with Gasteiger partial charge in [0.1, 0.15) is 0 Å². The molecule has 1 saturated heterocycles. The maximum Gasteiger partial charge on any atom is 0.246 e. The van der Waals surface area contributed by atoms with Crippen LogP contribution in [0.5, 0.6) is 0 Å². The van der Waals surface area contributed by atoms with E-state index in [9.17, 15) is 13.2 Å². The van der Waals surface area contributed by atoms with Gasteiger partial charge >= 0.3 is 0 Å². The molecule has 0 radical (unpaired) electrons. The quantitative estimate of drug-likeness (QED) is 0.802. The second kappa shape index (κ2) is 8.44. The zero-order chi connectivity index (χ0) is 17.6. The van der Waals surface area contributed by atoms with E-state index in [0.717, 1.165) is 31.2 Å². The number of hydrogen-bond donors (Lipinski definition) is 1. The van der Waals surface area contributed by atoms with Crippen LogP contribution in [0.25, 0.3) is 0 Å². The van der Waals surface area contributed by atoms with E-state index >= 15 is 0 Å². The highest BCUT2D eigenvalue weighted by Crippen LogP contribution is 2.20. The zero-order valence-corrected chi connectivity index (χ0v) is 15.1. The molecule has 0 aliphatic carbocycles. The first-order chi connectivity index (χ1) is 11.4. The Labute approximate surface area is 144 Å². The SMILES string of the molecule is C=C(C)C(=O)NCCc1ccc(S(=O)(=O)N2CCCCCC2)cc1. The van der Waals surface area contributed by atoms with Crippen molar-refractivity contribution < 1.29 is 13.2 Å². The lowest BCUT2D eigenvalue weighted by molar-refractivity contribution is -0.117. The highest BCUT2D eigenvalue weighted by molar-refractivity contribution is 7.89. The van der Waals surface area contributed by atoms with Crippen LogP contribution < -0.4 is 5.32 Å². The fourth-order valence-electron chi connectivity index (χ4n) is 2.73. The largest absolute Gasteiger partial charge is 0.352 e. The van der Waals surface area contributed by atoms with Gasteiger partial charge in [0.05, 0.1) is 4.90 Å². The minimum Gasteiger partial charge on any atom is -0.352 e. The van der Waals surface area contributed by atoms with Crippen LogP contribution in [0.1, 0.15) is 38.2 Å². The summed E-state index contributed by atoms with van der Waals surface area (Å²) in [5.74, 6) is -0.157. The summed E-state index contributed by atoms with van der Waals surface area (Å²) in [6, 6.07) is 6.96. The topological polar surface area (TPSA) is 66.5 Å². The van der Waals surface area contributed by atoms with Crippen molar-refractivity contribution in [1.82, 2.24) is 9.62 Å². The third kappa shape index (κ3) is 4.92. The molecule has 1 heterocycles. The summed E-state index contributed by atoms with van der Waals surface area (Å²) in [7, 11) is -3.40. The fraction of sp³-hybridized carbons (Fsp3) is 0.500. The Morgan fingerprint density at radius 1 is 1.12 bits per heavy atom. The predicted octanol–water partition coefficient (Wildman–Crippen LogP) is 2.49. The molecule has 5 nitrogen and oxygen atoms in total. The van der Waals surface area contributed by atoms with Crippen molar-refractivity contribution in [2.24, 2.45) is 0 Å². The normalized spacial score (nSPS) is 16.4. The van der Waals surface area contributed by atoms with Gasteiger partial charge in [0, 0.05) is 25.2 Å². The van der Waals surface area contributed by atoms with Crippen LogP contribution in [0.15, 0.2) is 41.3 Å². The number of hydrogen-bond acceptors (Lipinski definition) is 3. The number of carbonyl (C=O) groups excluding carboxylic acids is 1. The number of benzene rings is 1. The summed E-state index contributed by atoms with van der Waals surface area (Å²) in [5, 5.41) is 2.77. The lowest BCUT2D eigenvalue weighted by atomic mass is 10.1. The average molecular weight is 350 g/mol. The molecular formula is C18H26N2O3S. The molecule has 0 aromatic heterocycles. The highest BCUT2D eigenvalue weighted by Gasteiger charge is 2.24. The van der Waals surface area contributed by atoms with Crippen LogP contribution in [0.4, 0.5) is 0 Å². The molecule has 1 N–H and O–H groups in total. The van der Waals surface area contributed by atoms with Crippen LogP contribution in [0.2, 0.25) is 0 Å². The summed E-state index contributed by atoms with van der Waals surface area (Å²) < 4.78 is 27.0. The van der Waals surface area contributed by atoms with Gasteiger partial charge in [-0.3, -0.25) is 4.79 Å². The molecule has 0 spiro atoms. The van der Waals surface area contributed by atoms with E-state index in [1.54, 1.807) is 23.4 Å². The van der Waals surface area contributed by atoms with Gasteiger partial charge in [0.25, 0.3) is 0 Å². The minimum atomic E-state index is -3.40. The number of carbonyl (C=O) groups is 1. The van der Waals surface area contributed by atoms with E-state index in [1.807, 2.05) is 12.1 Å². The monoisotopic (exact) mass is 350 g/mol. The van der Waals surface area contributed by atoms with Crippen molar-refractivity contribution in [2.45, 2.75) is 43.9 Å². The number of nitrogens with zero attached hydrogens (tertiary/aromatic N) is 1. The molecule has 0 atom stereocenters. The second-order valence-electron chi connectivity index (χ2n) is 6.25. The molecular weight excluding hydrogens is 324 g/mol. The zero-order valence-electron chi connectivity index (χ0n) is 14.3. The number of nitrogens with one attached hydrogen (secondary N) is 1. The highest BCUT2D eigenvalue weighted by atomic mass is 32.2. The Morgan fingerprint density at radius 2 is 1.71 bits per heavy atom. The summed E-state index contributed by atoms with van der Waals surface area (Å²) in [6.45, 7) is 6.97. The van der Waals surface area contributed by atoms with E-state index in [0.29, 0.717) is 36.5 Å². The average Bonchev–Trinajstić information content (AvgIpc) is 2.85. The molecule has 1 amide bonds. The van der Waals surface area contributed by atoms with E-state index in [2.05, 4.69) is 11.9 Å². The molecule has 1 aliphatic heterocycles. The van der Waals surface area contributed by atoms with Crippen LogP contribution in [0.3, 0.4) is 0 Å². The van der Waals surface area contributed by atoms with Gasteiger partial charge in [-0.05, 0) is 43.9 Å². The Kier molecular flexibility index (Phi) is 6.57. The molecule has 1 aromatic rings. The van der Waals surface area contributed by atoms with Crippen molar-refractivity contribution in [2.75, 3.05) is 19.6 Å². The first kappa shape index (κ1) is 18.7. The van der Waals surface area contributed by atoms with Crippen molar-refractivity contribution in [1.29, 1.82) is 0 Å². The van der Waals surface area contributed by atoms with E-state index in [-0.39, 0.29) is 5.91 Å². The van der Waals surface area contributed by atoms with Crippen molar-refractivity contribution in [3.63, 3.8) is 0 Å². The third-order valence-electron chi connectivity index (χ3n) is 4.21. The lowest BCUT2D eigenvalue weighted by Gasteiger charge is -2.20. The maximum absolute atomic E-state index is 12.7. The third-order valence-corrected chi connectivity index (χ3v) is 6.13. The maximum atomic E-state index is 12.7. The predicted molar refractivity (Wildman–Crippen MR) is 95.2 cm³/mol. The lowest BCUT2D eigenvalue weighted by Crippen LogP contribution is -2.31. The number of sulfonamides is 1.